The van der Waals surface area contributed by atoms with E-state index in [1.807, 2.05) is 27.0 Å². The molecule has 0 amide bonds. The monoisotopic (exact) mass is 264 g/mol. The van der Waals surface area contributed by atoms with Crippen LogP contribution < -0.4 is 5.32 Å². The summed E-state index contributed by atoms with van der Waals surface area (Å²) in [5.41, 5.74) is 0.790. The molecule has 0 spiro atoms. The first kappa shape index (κ1) is 13.7. The molecule has 0 radical (unpaired) electrons. The standard InChI is InChI=1S/C12H20N6O/c1-5-13-6-9-7-18(17-15-9)8-10-14-11(16-19-10)12(2,3)4/h7,13H,5-6,8H2,1-4H3. The molecule has 0 bridgehead atoms. The van der Waals surface area contributed by atoms with Crippen LogP contribution in [0.3, 0.4) is 0 Å². The fourth-order valence-electron chi connectivity index (χ4n) is 1.51. The van der Waals surface area contributed by atoms with Gasteiger partial charge in [0.1, 0.15) is 6.54 Å². The van der Waals surface area contributed by atoms with Crippen LogP contribution in [0, 0.1) is 0 Å². The van der Waals surface area contributed by atoms with Gasteiger partial charge in [-0.15, -0.1) is 5.10 Å². The molecule has 0 aliphatic rings. The van der Waals surface area contributed by atoms with Crippen LogP contribution in [0.15, 0.2) is 10.7 Å². The molecule has 0 fully saturated rings. The maximum Gasteiger partial charge on any atom is 0.248 e. The van der Waals surface area contributed by atoms with Crippen LogP contribution in [-0.2, 0) is 18.5 Å². The molecular weight excluding hydrogens is 244 g/mol. The Kier molecular flexibility index (Phi) is 3.94. The molecule has 0 unspecified atom stereocenters. The minimum atomic E-state index is -0.111. The van der Waals surface area contributed by atoms with Crippen molar-refractivity contribution in [2.45, 2.75) is 46.2 Å². The van der Waals surface area contributed by atoms with Gasteiger partial charge < -0.3 is 9.84 Å². The van der Waals surface area contributed by atoms with Crippen LogP contribution in [0.1, 0.15) is 45.1 Å². The summed E-state index contributed by atoms with van der Waals surface area (Å²) in [6.07, 6.45) is 1.88. The average Bonchev–Trinajstić information content (AvgIpc) is 2.95. The van der Waals surface area contributed by atoms with E-state index in [4.69, 9.17) is 4.52 Å². The lowest BCUT2D eigenvalue weighted by atomic mass is 9.96. The van der Waals surface area contributed by atoms with E-state index in [2.05, 4.69) is 32.7 Å². The van der Waals surface area contributed by atoms with E-state index >= 15 is 0 Å². The molecule has 0 aliphatic heterocycles. The van der Waals surface area contributed by atoms with Crippen molar-refractivity contribution in [3.8, 4) is 0 Å². The molecule has 1 N–H and O–H groups in total. The van der Waals surface area contributed by atoms with Gasteiger partial charge >= 0.3 is 0 Å². The number of aromatic nitrogens is 5. The van der Waals surface area contributed by atoms with Crippen molar-refractivity contribution in [3.05, 3.63) is 23.6 Å². The van der Waals surface area contributed by atoms with Crippen molar-refractivity contribution >= 4 is 0 Å². The van der Waals surface area contributed by atoms with Crippen molar-refractivity contribution in [3.63, 3.8) is 0 Å². The predicted molar refractivity (Wildman–Crippen MR) is 69.5 cm³/mol. The lowest BCUT2D eigenvalue weighted by molar-refractivity contribution is 0.352. The number of nitrogens with zero attached hydrogens (tertiary/aromatic N) is 5. The number of nitrogens with one attached hydrogen (secondary N) is 1. The summed E-state index contributed by atoms with van der Waals surface area (Å²) >= 11 is 0. The van der Waals surface area contributed by atoms with Crippen LogP contribution in [-0.4, -0.2) is 31.7 Å². The largest absolute Gasteiger partial charge is 0.337 e. The van der Waals surface area contributed by atoms with Crippen molar-refractivity contribution in [1.29, 1.82) is 0 Å². The number of hydrogen-bond acceptors (Lipinski definition) is 6. The van der Waals surface area contributed by atoms with Crippen molar-refractivity contribution < 1.29 is 4.52 Å². The SMILES string of the molecule is CCNCc1cn(Cc2nc(C(C)(C)C)no2)nn1. The van der Waals surface area contributed by atoms with Gasteiger partial charge in [-0.1, -0.05) is 38.1 Å². The zero-order valence-electron chi connectivity index (χ0n) is 11.8. The Morgan fingerprint density at radius 1 is 1.37 bits per heavy atom. The van der Waals surface area contributed by atoms with Gasteiger partial charge in [-0.05, 0) is 6.54 Å². The van der Waals surface area contributed by atoms with Crippen molar-refractivity contribution in [2.75, 3.05) is 6.54 Å². The van der Waals surface area contributed by atoms with Gasteiger partial charge in [0.05, 0.1) is 11.9 Å². The zero-order valence-corrected chi connectivity index (χ0v) is 11.8. The minimum Gasteiger partial charge on any atom is -0.337 e. The summed E-state index contributed by atoms with van der Waals surface area (Å²) in [7, 11) is 0. The first-order chi connectivity index (χ1) is 8.99. The number of rotatable bonds is 5. The fraction of sp³-hybridized carbons (Fsp3) is 0.667. The predicted octanol–water partition coefficient (Wildman–Crippen LogP) is 1.12. The van der Waals surface area contributed by atoms with Gasteiger partial charge in [0.15, 0.2) is 5.82 Å². The fourth-order valence-corrected chi connectivity index (χ4v) is 1.51. The van der Waals surface area contributed by atoms with E-state index in [0.717, 1.165) is 12.2 Å². The van der Waals surface area contributed by atoms with Gasteiger partial charge in [-0.25, -0.2) is 4.68 Å². The van der Waals surface area contributed by atoms with E-state index < -0.39 is 0 Å². The highest BCUT2D eigenvalue weighted by Crippen LogP contribution is 2.18. The first-order valence-corrected chi connectivity index (χ1v) is 6.42. The normalized spacial score (nSPS) is 12.0. The molecule has 0 saturated heterocycles. The van der Waals surface area contributed by atoms with Crippen molar-refractivity contribution in [2.24, 2.45) is 0 Å². The maximum absolute atomic E-state index is 5.22. The average molecular weight is 264 g/mol. The Hall–Kier alpha value is -1.76. The smallest absolute Gasteiger partial charge is 0.248 e. The highest BCUT2D eigenvalue weighted by molar-refractivity contribution is 5.00. The van der Waals surface area contributed by atoms with E-state index in [0.29, 0.717) is 24.8 Å². The van der Waals surface area contributed by atoms with E-state index in [1.165, 1.54) is 0 Å². The summed E-state index contributed by atoms with van der Waals surface area (Å²) in [4.78, 5) is 4.37. The highest BCUT2D eigenvalue weighted by Gasteiger charge is 2.21. The molecule has 2 rings (SSSR count). The second kappa shape index (κ2) is 5.48. The molecular formula is C12H20N6O. The molecule has 0 aromatic carbocycles. The van der Waals surface area contributed by atoms with Crippen molar-refractivity contribution in [1.82, 2.24) is 30.5 Å². The Bertz CT molecular complexity index is 524. The zero-order chi connectivity index (χ0) is 13.9. The third-order valence-corrected chi connectivity index (χ3v) is 2.58. The molecule has 19 heavy (non-hydrogen) atoms. The molecule has 0 aliphatic carbocycles. The first-order valence-electron chi connectivity index (χ1n) is 6.42. The number of hydrogen-bond donors (Lipinski definition) is 1. The second-order valence-electron chi connectivity index (χ2n) is 5.45. The highest BCUT2D eigenvalue weighted by atomic mass is 16.5. The summed E-state index contributed by atoms with van der Waals surface area (Å²) < 4.78 is 6.92. The quantitative estimate of drug-likeness (QED) is 0.871. The summed E-state index contributed by atoms with van der Waals surface area (Å²) in [5, 5.41) is 15.3. The lowest BCUT2D eigenvalue weighted by Gasteiger charge is -2.10. The Morgan fingerprint density at radius 2 is 2.16 bits per heavy atom. The molecule has 2 aromatic heterocycles. The molecule has 7 heteroatoms. The molecule has 104 valence electrons. The van der Waals surface area contributed by atoms with Crippen LogP contribution in [0.4, 0.5) is 0 Å². The van der Waals surface area contributed by atoms with Gasteiger partial charge in [0.2, 0.25) is 5.89 Å². The van der Waals surface area contributed by atoms with Gasteiger partial charge in [-0.2, -0.15) is 4.98 Å². The second-order valence-corrected chi connectivity index (χ2v) is 5.45. The van der Waals surface area contributed by atoms with E-state index in [1.54, 1.807) is 4.68 Å². The molecule has 0 saturated carbocycles. The van der Waals surface area contributed by atoms with Crippen LogP contribution in [0.2, 0.25) is 0 Å². The van der Waals surface area contributed by atoms with Crippen LogP contribution in [0.5, 0.6) is 0 Å². The third-order valence-electron chi connectivity index (χ3n) is 2.58. The summed E-state index contributed by atoms with van der Waals surface area (Å²) in [6.45, 7) is 10.3. The third kappa shape index (κ3) is 3.60. The Morgan fingerprint density at radius 3 is 2.79 bits per heavy atom. The molecule has 2 heterocycles. The molecule has 7 nitrogen and oxygen atoms in total. The molecule has 0 atom stereocenters. The van der Waals surface area contributed by atoms with Gasteiger partial charge in [-0.3, -0.25) is 0 Å². The maximum atomic E-state index is 5.22. The Balaban J connectivity index is 2.01. The van der Waals surface area contributed by atoms with E-state index in [-0.39, 0.29) is 5.41 Å². The van der Waals surface area contributed by atoms with Crippen LogP contribution in [0.25, 0.3) is 0 Å². The summed E-state index contributed by atoms with van der Waals surface area (Å²) in [5.74, 6) is 1.25. The minimum absolute atomic E-state index is 0.111. The van der Waals surface area contributed by atoms with Crippen LogP contribution >= 0.6 is 0 Å². The summed E-state index contributed by atoms with van der Waals surface area (Å²) in [6, 6.07) is 0. The Labute approximate surface area is 112 Å². The molecule has 2 aromatic rings. The topological polar surface area (TPSA) is 81.7 Å². The van der Waals surface area contributed by atoms with Gasteiger partial charge in [0, 0.05) is 12.0 Å². The van der Waals surface area contributed by atoms with E-state index in [9.17, 15) is 0 Å². The lowest BCUT2D eigenvalue weighted by Crippen LogP contribution is -2.13. The van der Waals surface area contributed by atoms with Gasteiger partial charge in [0.25, 0.3) is 0 Å².